The Morgan fingerprint density at radius 3 is 2.14 bits per heavy atom. The zero-order valence-corrected chi connectivity index (χ0v) is 20.7. The predicted octanol–water partition coefficient (Wildman–Crippen LogP) is 5.60. The van der Waals surface area contributed by atoms with Gasteiger partial charge in [0.15, 0.2) is 5.78 Å². The third kappa shape index (κ3) is 7.21. The van der Waals surface area contributed by atoms with E-state index in [1.54, 1.807) is 24.3 Å². The third-order valence-electron chi connectivity index (χ3n) is 5.86. The average Bonchev–Trinajstić information content (AvgIpc) is 2.96. The minimum absolute atomic E-state index is 0.115. The van der Waals surface area contributed by atoms with Crippen LogP contribution in [0.25, 0.3) is 0 Å². The molecule has 0 radical (unpaired) electrons. The molecule has 0 aliphatic heterocycles. The predicted molar refractivity (Wildman–Crippen MR) is 146 cm³/mol. The maximum atomic E-state index is 13.1. The lowest BCUT2D eigenvalue weighted by atomic mass is 10.00. The fourth-order valence-electron chi connectivity index (χ4n) is 3.95. The van der Waals surface area contributed by atoms with Crippen LogP contribution in [-0.2, 0) is 16.0 Å². The minimum Gasteiger partial charge on any atom is -0.492 e. The van der Waals surface area contributed by atoms with Gasteiger partial charge in [-0.25, -0.2) is 4.79 Å². The monoisotopic (exact) mass is 494 g/mol. The molecule has 6 heteroatoms. The highest BCUT2D eigenvalue weighted by Crippen LogP contribution is 2.22. The van der Waals surface area contributed by atoms with Crippen LogP contribution in [-0.4, -0.2) is 38.1 Å². The van der Waals surface area contributed by atoms with E-state index >= 15 is 0 Å². The van der Waals surface area contributed by atoms with Crippen LogP contribution in [0.1, 0.15) is 21.5 Å². The number of ketones is 1. The SMILES string of the molecule is COC(=O)C(Cc1ccc(OCCNc2ccccc2)cc1)Nc1ccccc1C(=O)c1ccccc1. The molecule has 0 saturated heterocycles. The van der Waals surface area contributed by atoms with E-state index in [9.17, 15) is 9.59 Å². The molecule has 0 fully saturated rings. The van der Waals surface area contributed by atoms with E-state index in [2.05, 4.69) is 10.6 Å². The molecule has 37 heavy (non-hydrogen) atoms. The van der Waals surface area contributed by atoms with Crippen molar-refractivity contribution in [1.82, 2.24) is 0 Å². The summed E-state index contributed by atoms with van der Waals surface area (Å²) in [6.45, 7) is 1.20. The van der Waals surface area contributed by atoms with Gasteiger partial charge < -0.3 is 20.1 Å². The molecule has 1 unspecified atom stereocenters. The Balaban J connectivity index is 1.39. The summed E-state index contributed by atoms with van der Waals surface area (Å²) in [5.41, 5.74) is 3.65. The number of nitrogens with one attached hydrogen (secondary N) is 2. The fourth-order valence-corrected chi connectivity index (χ4v) is 3.95. The lowest BCUT2D eigenvalue weighted by Crippen LogP contribution is -2.33. The number of esters is 1. The van der Waals surface area contributed by atoms with Gasteiger partial charge >= 0.3 is 5.97 Å². The van der Waals surface area contributed by atoms with Crippen molar-refractivity contribution in [2.75, 3.05) is 30.9 Å². The summed E-state index contributed by atoms with van der Waals surface area (Å²) in [5.74, 6) is 0.227. The second-order valence-electron chi connectivity index (χ2n) is 8.45. The fraction of sp³-hybridized carbons (Fsp3) is 0.161. The van der Waals surface area contributed by atoms with Gasteiger partial charge in [0, 0.05) is 35.5 Å². The summed E-state index contributed by atoms with van der Waals surface area (Å²) in [6, 6.07) is 33.2. The number of hydrogen-bond acceptors (Lipinski definition) is 6. The van der Waals surface area contributed by atoms with Gasteiger partial charge in [-0.1, -0.05) is 72.8 Å². The molecular formula is C31H30N2O4. The van der Waals surface area contributed by atoms with Crippen molar-refractivity contribution in [1.29, 1.82) is 0 Å². The van der Waals surface area contributed by atoms with Gasteiger partial charge in [0.1, 0.15) is 18.4 Å². The number of carbonyl (C=O) groups is 2. The second-order valence-corrected chi connectivity index (χ2v) is 8.45. The van der Waals surface area contributed by atoms with E-state index in [1.165, 1.54) is 7.11 Å². The Kier molecular flexibility index (Phi) is 8.92. The summed E-state index contributed by atoms with van der Waals surface area (Å²) in [7, 11) is 1.36. The number of anilines is 2. The van der Waals surface area contributed by atoms with Crippen molar-refractivity contribution in [3.05, 3.63) is 126 Å². The van der Waals surface area contributed by atoms with E-state index < -0.39 is 12.0 Å². The Bertz CT molecular complexity index is 1290. The highest BCUT2D eigenvalue weighted by molar-refractivity contribution is 6.12. The van der Waals surface area contributed by atoms with Gasteiger partial charge in [0.2, 0.25) is 0 Å². The molecule has 0 aliphatic rings. The maximum Gasteiger partial charge on any atom is 0.328 e. The number of carbonyl (C=O) groups excluding carboxylic acids is 2. The van der Waals surface area contributed by atoms with E-state index in [0.717, 1.165) is 17.0 Å². The Morgan fingerprint density at radius 2 is 1.43 bits per heavy atom. The Morgan fingerprint density at radius 1 is 0.784 bits per heavy atom. The van der Waals surface area contributed by atoms with Crippen LogP contribution >= 0.6 is 0 Å². The number of methoxy groups -OCH3 is 1. The van der Waals surface area contributed by atoms with Gasteiger partial charge in [-0.05, 0) is 42.0 Å². The molecule has 0 aliphatic carbocycles. The molecule has 6 nitrogen and oxygen atoms in total. The number of hydrogen-bond donors (Lipinski definition) is 2. The molecule has 4 aromatic carbocycles. The van der Waals surface area contributed by atoms with Crippen LogP contribution in [0.2, 0.25) is 0 Å². The van der Waals surface area contributed by atoms with E-state index in [4.69, 9.17) is 9.47 Å². The maximum absolute atomic E-state index is 13.1. The van der Waals surface area contributed by atoms with Gasteiger partial charge in [-0.2, -0.15) is 0 Å². The summed E-state index contributed by atoms with van der Waals surface area (Å²) in [4.78, 5) is 25.7. The van der Waals surface area contributed by atoms with Crippen LogP contribution < -0.4 is 15.4 Å². The Hall–Kier alpha value is -4.58. The van der Waals surface area contributed by atoms with Gasteiger partial charge in [0.05, 0.1) is 7.11 Å². The van der Waals surface area contributed by atoms with E-state index in [1.807, 2.05) is 84.9 Å². The van der Waals surface area contributed by atoms with Crippen LogP contribution in [0.15, 0.2) is 109 Å². The van der Waals surface area contributed by atoms with Crippen molar-refractivity contribution < 1.29 is 19.1 Å². The molecule has 0 bridgehead atoms. The molecule has 0 amide bonds. The average molecular weight is 495 g/mol. The first-order chi connectivity index (χ1) is 18.1. The zero-order valence-electron chi connectivity index (χ0n) is 20.7. The van der Waals surface area contributed by atoms with Crippen molar-refractivity contribution in [2.45, 2.75) is 12.5 Å². The molecule has 4 aromatic rings. The van der Waals surface area contributed by atoms with Crippen LogP contribution in [0.5, 0.6) is 5.75 Å². The first-order valence-electron chi connectivity index (χ1n) is 12.2. The van der Waals surface area contributed by atoms with Crippen LogP contribution in [0.3, 0.4) is 0 Å². The molecule has 0 saturated carbocycles. The molecule has 0 spiro atoms. The highest BCUT2D eigenvalue weighted by atomic mass is 16.5. The number of ether oxygens (including phenoxy) is 2. The summed E-state index contributed by atoms with van der Waals surface area (Å²) in [5, 5.41) is 6.54. The highest BCUT2D eigenvalue weighted by Gasteiger charge is 2.22. The van der Waals surface area contributed by atoms with Gasteiger partial charge in [-0.15, -0.1) is 0 Å². The van der Waals surface area contributed by atoms with Crippen LogP contribution in [0, 0.1) is 0 Å². The second kappa shape index (κ2) is 12.9. The number of para-hydroxylation sites is 2. The van der Waals surface area contributed by atoms with E-state index in [0.29, 0.717) is 36.4 Å². The molecule has 2 N–H and O–H groups in total. The minimum atomic E-state index is -0.670. The van der Waals surface area contributed by atoms with Gasteiger partial charge in [0.25, 0.3) is 0 Å². The first kappa shape index (κ1) is 25.5. The normalized spacial score (nSPS) is 11.3. The van der Waals surface area contributed by atoms with E-state index in [-0.39, 0.29) is 5.78 Å². The van der Waals surface area contributed by atoms with Crippen molar-refractivity contribution in [2.24, 2.45) is 0 Å². The molecule has 188 valence electrons. The topological polar surface area (TPSA) is 76.7 Å². The Labute approximate surface area is 217 Å². The molecule has 1 atom stereocenters. The summed E-state index contributed by atoms with van der Waals surface area (Å²) < 4.78 is 10.9. The van der Waals surface area contributed by atoms with Crippen molar-refractivity contribution in [3.8, 4) is 5.75 Å². The van der Waals surface area contributed by atoms with Gasteiger partial charge in [-0.3, -0.25) is 4.79 Å². The lowest BCUT2D eigenvalue weighted by Gasteiger charge is -2.20. The van der Waals surface area contributed by atoms with Crippen molar-refractivity contribution >= 4 is 23.1 Å². The van der Waals surface area contributed by atoms with Crippen molar-refractivity contribution in [3.63, 3.8) is 0 Å². The molecule has 0 heterocycles. The number of benzene rings is 4. The number of rotatable bonds is 12. The molecule has 4 rings (SSSR count). The largest absolute Gasteiger partial charge is 0.492 e. The molecular weight excluding hydrogens is 464 g/mol. The van der Waals surface area contributed by atoms with Crippen LogP contribution in [0.4, 0.5) is 11.4 Å². The third-order valence-corrected chi connectivity index (χ3v) is 5.86. The molecule has 0 aromatic heterocycles. The zero-order chi connectivity index (χ0) is 25.9. The quantitative estimate of drug-likeness (QED) is 0.152. The lowest BCUT2D eigenvalue weighted by molar-refractivity contribution is -0.141. The summed E-state index contributed by atoms with van der Waals surface area (Å²) >= 11 is 0. The first-order valence-corrected chi connectivity index (χ1v) is 12.2. The summed E-state index contributed by atoms with van der Waals surface area (Å²) in [6.07, 6.45) is 0.385. The standard InChI is InChI=1S/C31H30N2O4/c1-36-31(35)29(33-28-15-9-8-14-27(28)30(34)24-10-4-2-5-11-24)22-23-16-18-26(19-17-23)37-21-20-32-25-12-6-3-7-13-25/h2-19,29,32-33H,20-22H2,1H3. The smallest absolute Gasteiger partial charge is 0.328 e.